The second-order valence-electron chi connectivity index (χ2n) is 4.92. The summed E-state index contributed by atoms with van der Waals surface area (Å²) in [6.45, 7) is 0. The van der Waals surface area contributed by atoms with Gasteiger partial charge in [0.1, 0.15) is 12.7 Å². The molecule has 0 aliphatic heterocycles. The number of nitrogens with one attached hydrogen (secondary N) is 1. The second-order valence-corrected chi connectivity index (χ2v) is 7.45. The molecule has 0 aliphatic carbocycles. The van der Waals surface area contributed by atoms with Crippen molar-refractivity contribution in [2.24, 2.45) is 0 Å². The van der Waals surface area contributed by atoms with E-state index < -0.39 is 15.9 Å². The lowest BCUT2D eigenvalue weighted by atomic mass is 10.2. The molecular formula is C15H10Cl2N4O3S. The third-order valence-electron chi connectivity index (χ3n) is 3.27. The van der Waals surface area contributed by atoms with Gasteiger partial charge in [0.15, 0.2) is 0 Å². The summed E-state index contributed by atoms with van der Waals surface area (Å²) >= 11 is 11.7. The lowest BCUT2D eigenvalue weighted by Crippen LogP contribution is -2.30. The number of halogens is 2. The summed E-state index contributed by atoms with van der Waals surface area (Å²) in [7, 11) is -4.05. The Morgan fingerprint density at radius 1 is 1.00 bits per heavy atom. The monoisotopic (exact) mass is 396 g/mol. The molecule has 0 unspecified atom stereocenters. The molecule has 25 heavy (non-hydrogen) atoms. The summed E-state index contributed by atoms with van der Waals surface area (Å²) < 4.78 is 28.3. The first-order valence-electron chi connectivity index (χ1n) is 6.84. The van der Waals surface area contributed by atoms with Crippen LogP contribution in [0.3, 0.4) is 0 Å². The molecule has 0 saturated carbocycles. The van der Waals surface area contributed by atoms with Crippen LogP contribution in [0, 0.1) is 0 Å². The Morgan fingerprint density at radius 3 is 2.24 bits per heavy atom. The molecule has 0 saturated heterocycles. The maximum atomic E-state index is 12.4. The van der Waals surface area contributed by atoms with Crippen LogP contribution in [0.5, 0.6) is 0 Å². The molecule has 2 aromatic carbocycles. The summed E-state index contributed by atoms with van der Waals surface area (Å²) in [6, 6.07) is 10.0. The lowest BCUT2D eigenvalue weighted by Gasteiger charge is -2.09. The highest BCUT2D eigenvalue weighted by Gasteiger charge is 2.20. The first-order valence-corrected chi connectivity index (χ1v) is 9.08. The molecule has 0 radical (unpaired) electrons. The highest BCUT2D eigenvalue weighted by Crippen LogP contribution is 2.21. The van der Waals surface area contributed by atoms with Gasteiger partial charge in [-0.3, -0.25) is 9.36 Å². The van der Waals surface area contributed by atoms with Crippen LogP contribution in [0.15, 0.2) is 60.0 Å². The number of carbonyl (C=O) groups is 1. The topological polar surface area (TPSA) is 94.0 Å². The van der Waals surface area contributed by atoms with Gasteiger partial charge in [-0.1, -0.05) is 23.2 Å². The molecule has 1 aromatic heterocycles. The second kappa shape index (κ2) is 6.83. The van der Waals surface area contributed by atoms with Crippen molar-refractivity contribution in [1.82, 2.24) is 19.5 Å². The van der Waals surface area contributed by atoms with Gasteiger partial charge in [-0.2, -0.15) is 0 Å². The van der Waals surface area contributed by atoms with Gasteiger partial charge in [0, 0.05) is 10.7 Å². The van der Waals surface area contributed by atoms with Crippen molar-refractivity contribution in [3.05, 3.63) is 70.7 Å². The quantitative estimate of drug-likeness (QED) is 0.731. The van der Waals surface area contributed by atoms with Crippen molar-refractivity contribution in [1.29, 1.82) is 0 Å². The first-order chi connectivity index (χ1) is 11.9. The number of nitrogens with zero attached hydrogens (tertiary/aromatic N) is 3. The predicted octanol–water partition coefficient (Wildman–Crippen LogP) is 2.69. The van der Waals surface area contributed by atoms with Crippen molar-refractivity contribution >= 4 is 39.1 Å². The lowest BCUT2D eigenvalue weighted by molar-refractivity contribution is 0.0981. The van der Waals surface area contributed by atoms with Gasteiger partial charge < -0.3 is 0 Å². The first kappa shape index (κ1) is 17.4. The van der Waals surface area contributed by atoms with Crippen LogP contribution >= 0.6 is 23.2 Å². The normalized spacial score (nSPS) is 11.3. The predicted molar refractivity (Wildman–Crippen MR) is 92.5 cm³/mol. The van der Waals surface area contributed by atoms with E-state index in [-0.39, 0.29) is 15.5 Å². The van der Waals surface area contributed by atoms with Gasteiger partial charge in [0.05, 0.1) is 15.5 Å². The molecule has 10 heteroatoms. The zero-order valence-corrected chi connectivity index (χ0v) is 14.8. The largest absolute Gasteiger partial charge is 0.288 e. The molecule has 3 aromatic rings. The molecule has 0 atom stereocenters. The summed E-state index contributed by atoms with van der Waals surface area (Å²) in [5, 5.41) is 7.75. The smallest absolute Gasteiger partial charge is 0.266 e. The van der Waals surface area contributed by atoms with Crippen LogP contribution in [0.1, 0.15) is 10.4 Å². The highest BCUT2D eigenvalue weighted by atomic mass is 35.5. The van der Waals surface area contributed by atoms with Crippen molar-refractivity contribution in [2.45, 2.75) is 4.90 Å². The number of amides is 1. The SMILES string of the molecule is O=C(NS(=O)(=O)c1ccc(-n2cnnc2)cc1)c1ccc(Cl)cc1Cl. The van der Waals surface area contributed by atoms with E-state index in [0.717, 1.165) is 0 Å². The fraction of sp³-hybridized carbons (Fsp3) is 0. The van der Waals surface area contributed by atoms with E-state index in [1.807, 2.05) is 4.72 Å². The van der Waals surface area contributed by atoms with Gasteiger partial charge in [-0.25, -0.2) is 13.1 Å². The van der Waals surface area contributed by atoms with Crippen molar-refractivity contribution in [2.75, 3.05) is 0 Å². The standard InChI is InChI=1S/C15H10Cl2N4O3S/c16-10-1-6-13(14(17)7-10)15(22)20-25(23,24)12-4-2-11(3-5-12)21-8-18-19-9-21/h1-9H,(H,20,22). The molecule has 1 heterocycles. The minimum atomic E-state index is -4.05. The number of carbonyl (C=O) groups excluding carboxylic acids is 1. The number of aromatic nitrogens is 3. The number of sulfonamides is 1. The summed E-state index contributed by atoms with van der Waals surface area (Å²) in [5.41, 5.74) is 0.687. The molecule has 128 valence electrons. The Bertz CT molecular complexity index is 1020. The van der Waals surface area contributed by atoms with Crippen molar-refractivity contribution in [3.63, 3.8) is 0 Å². The Balaban J connectivity index is 1.83. The summed E-state index contributed by atoms with van der Waals surface area (Å²) in [5.74, 6) is -0.843. The fourth-order valence-electron chi connectivity index (χ4n) is 2.04. The molecular weight excluding hydrogens is 387 g/mol. The van der Waals surface area contributed by atoms with Gasteiger partial charge in [-0.15, -0.1) is 10.2 Å². The Kier molecular flexibility index (Phi) is 4.76. The van der Waals surface area contributed by atoms with Crippen LogP contribution in [-0.2, 0) is 10.0 Å². The van der Waals surface area contributed by atoms with E-state index in [9.17, 15) is 13.2 Å². The van der Waals surface area contributed by atoms with E-state index in [4.69, 9.17) is 23.2 Å². The Morgan fingerprint density at radius 2 is 1.64 bits per heavy atom. The van der Waals surface area contributed by atoms with Gasteiger partial charge in [0.2, 0.25) is 0 Å². The molecule has 0 bridgehead atoms. The van der Waals surface area contributed by atoms with Crippen LogP contribution in [0.2, 0.25) is 10.0 Å². The third kappa shape index (κ3) is 3.81. The van der Waals surface area contributed by atoms with Gasteiger partial charge >= 0.3 is 0 Å². The molecule has 0 spiro atoms. The number of hydrogen-bond acceptors (Lipinski definition) is 5. The molecule has 0 aliphatic rings. The van der Waals surface area contributed by atoms with E-state index in [1.54, 1.807) is 16.7 Å². The highest BCUT2D eigenvalue weighted by molar-refractivity contribution is 7.90. The third-order valence-corrected chi connectivity index (χ3v) is 5.16. The maximum Gasteiger partial charge on any atom is 0.266 e. The maximum absolute atomic E-state index is 12.4. The van der Waals surface area contributed by atoms with Crippen molar-refractivity contribution < 1.29 is 13.2 Å². The Hall–Kier alpha value is -2.42. The van der Waals surface area contributed by atoms with Crippen molar-refractivity contribution in [3.8, 4) is 5.69 Å². The zero-order valence-electron chi connectivity index (χ0n) is 12.4. The summed E-state index contributed by atoms with van der Waals surface area (Å²) in [6.07, 6.45) is 2.96. The fourth-order valence-corrected chi connectivity index (χ4v) is 3.50. The van der Waals surface area contributed by atoms with Crippen LogP contribution in [0.4, 0.5) is 0 Å². The zero-order chi connectivity index (χ0) is 18.0. The van der Waals surface area contributed by atoms with E-state index in [0.29, 0.717) is 10.7 Å². The average Bonchev–Trinajstić information content (AvgIpc) is 3.09. The summed E-state index contributed by atoms with van der Waals surface area (Å²) in [4.78, 5) is 12.1. The minimum absolute atomic E-state index is 0.00996. The molecule has 7 nitrogen and oxygen atoms in total. The molecule has 0 fully saturated rings. The van der Waals surface area contributed by atoms with E-state index in [2.05, 4.69) is 10.2 Å². The van der Waals surface area contributed by atoms with E-state index >= 15 is 0 Å². The minimum Gasteiger partial charge on any atom is -0.288 e. The number of hydrogen-bond donors (Lipinski definition) is 1. The van der Waals surface area contributed by atoms with Crippen LogP contribution in [0.25, 0.3) is 5.69 Å². The number of benzene rings is 2. The van der Waals surface area contributed by atoms with Gasteiger partial charge in [-0.05, 0) is 42.5 Å². The molecule has 1 amide bonds. The van der Waals surface area contributed by atoms with E-state index in [1.165, 1.54) is 43.0 Å². The number of rotatable bonds is 4. The molecule has 3 rings (SSSR count). The van der Waals surface area contributed by atoms with Crippen LogP contribution < -0.4 is 4.72 Å². The average molecular weight is 397 g/mol. The molecule has 1 N–H and O–H groups in total. The Labute approximate surface area is 153 Å². The van der Waals surface area contributed by atoms with Gasteiger partial charge in [0.25, 0.3) is 15.9 Å². The van der Waals surface area contributed by atoms with Crippen LogP contribution in [-0.4, -0.2) is 29.1 Å².